The van der Waals surface area contributed by atoms with Gasteiger partial charge in [0.05, 0.1) is 6.54 Å². The van der Waals surface area contributed by atoms with Gasteiger partial charge >= 0.3 is 0 Å². The number of pyridine rings is 1. The molecule has 0 saturated heterocycles. The van der Waals surface area contributed by atoms with Crippen molar-refractivity contribution in [1.29, 1.82) is 0 Å². The summed E-state index contributed by atoms with van der Waals surface area (Å²) in [4.78, 5) is 6.57. The van der Waals surface area contributed by atoms with Crippen molar-refractivity contribution in [3.05, 3.63) is 23.9 Å². The molecule has 0 spiro atoms. The zero-order chi connectivity index (χ0) is 12.3. The van der Waals surface area contributed by atoms with E-state index in [1.165, 1.54) is 12.8 Å². The first kappa shape index (κ1) is 11.9. The van der Waals surface area contributed by atoms with Gasteiger partial charge in [0.25, 0.3) is 0 Å². The summed E-state index contributed by atoms with van der Waals surface area (Å²) in [5.41, 5.74) is 6.99. The summed E-state index contributed by atoms with van der Waals surface area (Å²) in [6, 6.07) is 4.04. The molecule has 0 aliphatic heterocycles. The number of aromatic nitrogens is 1. The van der Waals surface area contributed by atoms with Crippen LogP contribution in [0.1, 0.15) is 31.4 Å². The second-order valence-electron chi connectivity index (χ2n) is 4.76. The van der Waals surface area contributed by atoms with E-state index in [2.05, 4.69) is 15.8 Å². The molecule has 1 heterocycles. The van der Waals surface area contributed by atoms with Gasteiger partial charge in [0.15, 0.2) is 0 Å². The first-order valence-corrected chi connectivity index (χ1v) is 6.10. The number of nitrogens with two attached hydrogens (primary N) is 1. The molecule has 1 fully saturated rings. The van der Waals surface area contributed by atoms with Gasteiger partial charge < -0.3 is 10.6 Å². The third kappa shape index (κ3) is 3.21. The summed E-state index contributed by atoms with van der Waals surface area (Å²) in [7, 11) is 0. The van der Waals surface area contributed by atoms with Crippen LogP contribution in [0.5, 0.6) is 0 Å². The van der Waals surface area contributed by atoms with Crippen LogP contribution in [0.3, 0.4) is 0 Å². The molecule has 0 bridgehead atoms. The number of hydrogen-bond acceptors (Lipinski definition) is 3. The Morgan fingerprint density at radius 3 is 3.00 bits per heavy atom. The minimum Gasteiger partial charge on any atom is -0.345 e. The van der Waals surface area contributed by atoms with Crippen LogP contribution in [0, 0.1) is 18.3 Å². The molecule has 1 aliphatic rings. The minimum absolute atomic E-state index is 0.0327. The van der Waals surface area contributed by atoms with Crippen LogP contribution in [0.25, 0.3) is 0 Å². The van der Waals surface area contributed by atoms with E-state index in [1.54, 1.807) is 0 Å². The van der Waals surface area contributed by atoms with Crippen LogP contribution >= 0.6 is 0 Å². The second kappa shape index (κ2) is 5.20. The van der Waals surface area contributed by atoms with Gasteiger partial charge in [-0.05, 0) is 43.4 Å². The van der Waals surface area contributed by atoms with Gasteiger partial charge in [0.1, 0.15) is 5.82 Å². The van der Waals surface area contributed by atoms with Crippen LogP contribution in [-0.2, 0) is 0 Å². The normalized spacial score (nSPS) is 16.3. The van der Waals surface area contributed by atoms with Crippen molar-refractivity contribution >= 4 is 5.82 Å². The number of rotatable bonds is 5. The monoisotopic (exact) mass is 229 g/mol. The molecule has 1 aromatic heterocycles. The highest BCUT2D eigenvalue weighted by atomic mass is 15.2. The first-order chi connectivity index (χ1) is 8.20. The maximum atomic E-state index is 5.88. The Morgan fingerprint density at radius 1 is 1.65 bits per heavy atom. The van der Waals surface area contributed by atoms with Crippen LogP contribution in [0.2, 0.25) is 0 Å². The topological polar surface area (TPSA) is 42.1 Å². The van der Waals surface area contributed by atoms with Gasteiger partial charge in [-0.25, -0.2) is 4.98 Å². The molecule has 1 unspecified atom stereocenters. The molecule has 1 saturated carbocycles. The van der Waals surface area contributed by atoms with E-state index in [0.29, 0.717) is 6.54 Å². The van der Waals surface area contributed by atoms with Gasteiger partial charge in [0, 0.05) is 18.8 Å². The molecular weight excluding hydrogens is 210 g/mol. The first-order valence-electron chi connectivity index (χ1n) is 6.10. The van der Waals surface area contributed by atoms with Crippen molar-refractivity contribution in [2.24, 2.45) is 11.7 Å². The van der Waals surface area contributed by atoms with Crippen LogP contribution in [0.15, 0.2) is 18.3 Å². The number of anilines is 1. The van der Waals surface area contributed by atoms with Crippen LogP contribution in [0.4, 0.5) is 5.82 Å². The van der Waals surface area contributed by atoms with Crippen molar-refractivity contribution in [3.63, 3.8) is 0 Å². The molecule has 90 valence electrons. The Hall–Kier alpha value is -1.53. The van der Waals surface area contributed by atoms with E-state index in [4.69, 9.17) is 12.2 Å². The van der Waals surface area contributed by atoms with Crippen LogP contribution in [-0.4, -0.2) is 18.1 Å². The predicted octanol–water partition coefficient (Wildman–Crippen LogP) is 1.95. The van der Waals surface area contributed by atoms with Crippen molar-refractivity contribution in [2.75, 3.05) is 18.0 Å². The fourth-order valence-electron chi connectivity index (χ4n) is 1.85. The minimum atomic E-state index is 0.0327. The largest absolute Gasteiger partial charge is 0.345 e. The van der Waals surface area contributed by atoms with Gasteiger partial charge in [-0.2, -0.15) is 0 Å². The quantitative estimate of drug-likeness (QED) is 0.785. The van der Waals surface area contributed by atoms with Gasteiger partial charge in [-0.3, -0.25) is 0 Å². The molecule has 0 amide bonds. The van der Waals surface area contributed by atoms with Crippen molar-refractivity contribution in [1.82, 2.24) is 4.98 Å². The average molecular weight is 229 g/mol. The Morgan fingerprint density at radius 2 is 2.41 bits per heavy atom. The SMILES string of the molecule is C#CCN(CC1CC1)c1cc(C(C)N)ccn1. The summed E-state index contributed by atoms with van der Waals surface area (Å²) in [5.74, 6) is 4.45. The molecule has 1 aromatic rings. The van der Waals surface area contributed by atoms with Crippen molar-refractivity contribution < 1.29 is 0 Å². The summed E-state index contributed by atoms with van der Waals surface area (Å²) in [5, 5.41) is 0. The maximum absolute atomic E-state index is 5.88. The zero-order valence-corrected chi connectivity index (χ0v) is 10.3. The molecule has 1 aliphatic carbocycles. The predicted molar refractivity (Wildman–Crippen MR) is 70.6 cm³/mol. The lowest BCUT2D eigenvalue weighted by Crippen LogP contribution is -2.27. The Labute approximate surface area is 103 Å². The van der Waals surface area contributed by atoms with Crippen LogP contribution < -0.4 is 10.6 Å². The molecule has 17 heavy (non-hydrogen) atoms. The fourth-order valence-corrected chi connectivity index (χ4v) is 1.85. The van der Waals surface area contributed by atoms with Gasteiger partial charge in [-0.1, -0.05) is 5.92 Å². The third-order valence-electron chi connectivity index (χ3n) is 3.08. The Bertz CT molecular complexity index is 416. The number of terminal acetylenes is 1. The Kier molecular flexibility index (Phi) is 3.65. The lowest BCUT2D eigenvalue weighted by molar-refractivity contribution is 0.750. The van der Waals surface area contributed by atoms with E-state index in [-0.39, 0.29) is 6.04 Å². The lowest BCUT2D eigenvalue weighted by atomic mass is 10.1. The second-order valence-corrected chi connectivity index (χ2v) is 4.76. The number of hydrogen-bond donors (Lipinski definition) is 1. The molecule has 0 radical (unpaired) electrons. The van der Waals surface area contributed by atoms with Crippen molar-refractivity contribution in [3.8, 4) is 12.3 Å². The highest BCUT2D eigenvalue weighted by Gasteiger charge is 2.24. The smallest absolute Gasteiger partial charge is 0.129 e. The summed E-state index contributed by atoms with van der Waals surface area (Å²) in [6.45, 7) is 3.61. The third-order valence-corrected chi connectivity index (χ3v) is 3.08. The zero-order valence-electron chi connectivity index (χ0n) is 10.3. The fraction of sp³-hybridized carbons (Fsp3) is 0.500. The van der Waals surface area contributed by atoms with E-state index < -0.39 is 0 Å². The van der Waals surface area contributed by atoms with Gasteiger partial charge in [-0.15, -0.1) is 6.42 Å². The van der Waals surface area contributed by atoms with E-state index in [1.807, 2.05) is 25.3 Å². The lowest BCUT2D eigenvalue weighted by Gasteiger charge is -2.22. The molecule has 3 nitrogen and oxygen atoms in total. The van der Waals surface area contributed by atoms with E-state index in [9.17, 15) is 0 Å². The standard InChI is InChI=1S/C14H19N3/c1-3-8-17(10-12-4-5-12)14-9-13(11(2)15)6-7-16-14/h1,6-7,9,11-12H,4-5,8,10,15H2,2H3. The summed E-state index contributed by atoms with van der Waals surface area (Å²) >= 11 is 0. The molecule has 1 atom stereocenters. The molecule has 3 heteroatoms. The highest BCUT2D eigenvalue weighted by molar-refractivity contribution is 5.43. The maximum Gasteiger partial charge on any atom is 0.129 e. The number of nitrogens with zero attached hydrogens (tertiary/aromatic N) is 2. The molecule has 0 aromatic carbocycles. The average Bonchev–Trinajstić information content (AvgIpc) is 3.12. The Balaban J connectivity index is 2.15. The van der Waals surface area contributed by atoms with Gasteiger partial charge in [0.2, 0.25) is 0 Å². The summed E-state index contributed by atoms with van der Waals surface area (Å²) in [6.07, 6.45) is 9.85. The van der Waals surface area contributed by atoms with E-state index in [0.717, 1.165) is 23.8 Å². The van der Waals surface area contributed by atoms with Crippen molar-refractivity contribution in [2.45, 2.75) is 25.8 Å². The van der Waals surface area contributed by atoms with E-state index >= 15 is 0 Å². The molecular formula is C14H19N3. The molecule has 2 rings (SSSR count). The summed E-state index contributed by atoms with van der Waals surface area (Å²) < 4.78 is 0. The highest BCUT2D eigenvalue weighted by Crippen LogP contribution is 2.31. The molecule has 2 N–H and O–H groups in total.